The monoisotopic (exact) mass is 348 g/mol. The molecule has 0 radical (unpaired) electrons. The molecule has 0 rings (SSSR count). The van der Waals surface area contributed by atoms with Crippen molar-refractivity contribution in [2.24, 2.45) is 0 Å². The van der Waals surface area contributed by atoms with E-state index in [-0.39, 0.29) is 12.1 Å². The van der Waals surface area contributed by atoms with Gasteiger partial charge in [-0.1, -0.05) is 64.4 Å². The molecule has 0 amide bonds. The summed E-state index contributed by atoms with van der Waals surface area (Å²) >= 11 is 0. The van der Waals surface area contributed by atoms with Crippen LogP contribution < -0.4 is 0 Å². The predicted molar refractivity (Wildman–Crippen MR) is 93.5 cm³/mol. The average Bonchev–Trinajstić information content (AvgIpc) is 2.46. The van der Waals surface area contributed by atoms with Gasteiger partial charge in [0.1, 0.15) is 0 Å². The zero-order valence-electron chi connectivity index (χ0n) is 14.5. The van der Waals surface area contributed by atoms with Gasteiger partial charge in [0.25, 0.3) is 0 Å². The lowest BCUT2D eigenvalue weighted by atomic mass is 10.1. The van der Waals surface area contributed by atoms with Crippen molar-refractivity contribution in [1.29, 1.82) is 0 Å². The molecule has 0 spiro atoms. The molecule has 0 aliphatic heterocycles. The fourth-order valence-corrected chi connectivity index (χ4v) is 2.93. The molecule has 0 saturated carbocycles. The van der Waals surface area contributed by atoms with Crippen molar-refractivity contribution in [3.05, 3.63) is 12.2 Å². The predicted octanol–water partition coefficient (Wildman–Crippen LogP) is 4.57. The lowest BCUT2D eigenvalue weighted by Gasteiger charge is -2.05. The van der Waals surface area contributed by atoms with E-state index in [1.54, 1.807) is 6.92 Å². The molecule has 0 unspecified atom stereocenters. The highest BCUT2D eigenvalue weighted by Crippen LogP contribution is 2.35. The second kappa shape index (κ2) is 13.8. The van der Waals surface area contributed by atoms with Gasteiger partial charge in [0, 0.05) is 11.7 Å². The molecule has 0 heterocycles. The first-order chi connectivity index (χ1) is 10.8. The third-order valence-corrected chi connectivity index (χ3v) is 4.57. The Kier molecular flexibility index (Phi) is 13.4. The minimum Gasteiger partial charge on any atom is -0.462 e. The molecular weight excluding hydrogens is 315 g/mol. The van der Waals surface area contributed by atoms with E-state index in [1.165, 1.54) is 32.1 Å². The number of carbonyl (C=O) groups excluding carboxylic acids is 1. The van der Waals surface area contributed by atoms with Gasteiger partial charge in [-0.3, -0.25) is 4.57 Å². The second-order valence-electron chi connectivity index (χ2n) is 6.19. The second-order valence-corrected chi connectivity index (χ2v) is 7.97. The first-order valence-electron chi connectivity index (χ1n) is 8.70. The Bertz CT molecular complexity index is 375. The molecule has 2 N–H and O–H groups in total. The molecule has 0 aromatic heterocycles. The summed E-state index contributed by atoms with van der Waals surface area (Å²) in [5.41, 5.74) is 0.451. The van der Waals surface area contributed by atoms with Crippen LogP contribution in [-0.2, 0) is 14.1 Å². The van der Waals surface area contributed by atoms with Crippen LogP contribution in [0.4, 0.5) is 0 Å². The zero-order chi connectivity index (χ0) is 17.6. The smallest absolute Gasteiger partial charge is 0.333 e. The Hall–Kier alpha value is -0.640. The average molecular weight is 348 g/mol. The lowest BCUT2D eigenvalue weighted by molar-refractivity contribution is -0.139. The molecule has 6 heteroatoms. The Morgan fingerprint density at radius 1 is 0.870 bits per heavy atom. The van der Waals surface area contributed by atoms with Gasteiger partial charge in [0.2, 0.25) is 0 Å². The van der Waals surface area contributed by atoms with Gasteiger partial charge >= 0.3 is 13.6 Å². The maximum Gasteiger partial charge on any atom is 0.333 e. The van der Waals surface area contributed by atoms with Crippen LogP contribution in [-0.4, -0.2) is 28.5 Å². The van der Waals surface area contributed by atoms with Crippen LogP contribution in [0.2, 0.25) is 0 Å². The highest BCUT2D eigenvalue weighted by Gasteiger charge is 2.10. The van der Waals surface area contributed by atoms with Crippen molar-refractivity contribution >= 4 is 13.6 Å². The van der Waals surface area contributed by atoms with Gasteiger partial charge in [0.05, 0.1) is 6.61 Å². The van der Waals surface area contributed by atoms with E-state index in [2.05, 4.69) is 6.58 Å². The molecule has 136 valence electrons. The molecule has 0 aliphatic carbocycles. The van der Waals surface area contributed by atoms with Gasteiger partial charge in [-0.25, -0.2) is 4.79 Å². The van der Waals surface area contributed by atoms with E-state index in [0.717, 1.165) is 32.1 Å². The molecule has 0 aromatic carbocycles. The summed E-state index contributed by atoms with van der Waals surface area (Å²) in [7, 11) is -3.79. The Labute approximate surface area is 140 Å². The quantitative estimate of drug-likeness (QED) is 0.196. The van der Waals surface area contributed by atoms with E-state index < -0.39 is 7.60 Å². The third kappa shape index (κ3) is 17.5. The zero-order valence-corrected chi connectivity index (χ0v) is 15.4. The highest BCUT2D eigenvalue weighted by molar-refractivity contribution is 7.51. The minimum atomic E-state index is -3.79. The minimum absolute atomic E-state index is 0.0225. The van der Waals surface area contributed by atoms with Gasteiger partial charge in [0.15, 0.2) is 0 Å². The fourth-order valence-electron chi connectivity index (χ4n) is 2.30. The molecule has 0 atom stereocenters. The topological polar surface area (TPSA) is 83.8 Å². The molecular formula is C17H33O5P. The van der Waals surface area contributed by atoms with Crippen molar-refractivity contribution in [2.45, 2.75) is 77.6 Å². The molecule has 5 nitrogen and oxygen atoms in total. The standard InChI is InChI=1S/C17H33O5P/c1-16(2)17(18)22-14-12-10-8-6-4-3-5-7-9-11-13-15-23(19,20)21/h1,3-15H2,2H3,(H2,19,20,21). The van der Waals surface area contributed by atoms with Crippen molar-refractivity contribution < 1.29 is 23.9 Å². The summed E-state index contributed by atoms with van der Waals surface area (Å²) in [6.45, 7) is 5.68. The summed E-state index contributed by atoms with van der Waals surface area (Å²) in [6.07, 6.45) is 11.8. The van der Waals surface area contributed by atoms with Gasteiger partial charge in [-0.15, -0.1) is 0 Å². The lowest BCUT2D eigenvalue weighted by Crippen LogP contribution is -2.05. The molecule has 0 aromatic rings. The van der Waals surface area contributed by atoms with Crippen LogP contribution in [0.3, 0.4) is 0 Å². The van der Waals surface area contributed by atoms with Gasteiger partial charge in [-0.2, -0.15) is 0 Å². The normalized spacial score (nSPS) is 11.4. The Balaban J connectivity index is 3.15. The van der Waals surface area contributed by atoms with Crippen molar-refractivity contribution in [3.8, 4) is 0 Å². The molecule has 0 fully saturated rings. The third-order valence-electron chi connectivity index (χ3n) is 3.68. The maximum absolute atomic E-state index is 11.1. The molecule has 0 aliphatic rings. The first kappa shape index (κ1) is 22.4. The number of rotatable bonds is 15. The van der Waals surface area contributed by atoms with Crippen LogP contribution >= 0.6 is 7.60 Å². The van der Waals surface area contributed by atoms with Crippen LogP contribution in [0, 0.1) is 0 Å². The fraction of sp³-hybridized carbons (Fsp3) is 0.824. The molecule has 0 bridgehead atoms. The summed E-state index contributed by atoms with van der Waals surface area (Å²) < 4.78 is 15.7. The van der Waals surface area contributed by atoms with Crippen LogP contribution in [0.1, 0.15) is 77.6 Å². The van der Waals surface area contributed by atoms with E-state index in [9.17, 15) is 9.36 Å². The van der Waals surface area contributed by atoms with E-state index in [0.29, 0.717) is 18.6 Å². The highest BCUT2D eigenvalue weighted by atomic mass is 31.2. The Morgan fingerprint density at radius 3 is 1.65 bits per heavy atom. The maximum atomic E-state index is 11.1. The summed E-state index contributed by atoms with van der Waals surface area (Å²) in [4.78, 5) is 28.6. The number of unbranched alkanes of at least 4 members (excludes halogenated alkanes) is 10. The van der Waals surface area contributed by atoms with Crippen molar-refractivity contribution in [1.82, 2.24) is 0 Å². The van der Waals surface area contributed by atoms with Crippen LogP contribution in [0.25, 0.3) is 0 Å². The van der Waals surface area contributed by atoms with Gasteiger partial charge < -0.3 is 14.5 Å². The Morgan fingerprint density at radius 2 is 1.26 bits per heavy atom. The van der Waals surface area contributed by atoms with Crippen LogP contribution in [0.5, 0.6) is 0 Å². The number of carbonyl (C=O) groups is 1. The van der Waals surface area contributed by atoms with Gasteiger partial charge in [-0.05, 0) is 19.8 Å². The summed E-state index contributed by atoms with van der Waals surface area (Å²) in [6, 6.07) is 0. The number of hydrogen-bond donors (Lipinski definition) is 2. The summed E-state index contributed by atoms with van der Waals surface area (Å²) in [5.74, 6) is -0.300. The largest absolute Gasteiger partial charge is 0.462 e. The van der Waals surface area contributed by atoms with E-state index in [4.69, 9.17) is 14.5 Å². The number of ether oxygens (including phenoxy) is 1. The SMILES string of the molecule is C=C(C)C(=O)OCCCCCCCCCCCCCP(=O)(O)O. The number of esters is 1. The molecule has 23 heavy (non-hydrogen) atoms. The van der Waals surface area contributed by atoms with E-state index in [1.807, 2.05) is 0 Å². The number of hydrogen-bond acceptors (Lipinski definition) is 3. The van der Waals surface area contributed by atoms with Crippen LogP contribution in [0.15, 0.2) is 12.2 Å². The van der Waals surface area contributed by atoms with Crippen molar-refractivity contribution in [3.63, 3.8) is 0 Å². The van der Waals surface area contributed by atoms with Crippen molar-refractivity contribution in [2.75, 3.05) is 12.8 Å². The van der Waals surface area contributed by atoms with E-state index >= 15 is 0 Å². The molecule has 0 saturated heterocycles. The first-order valence-corrected chi connectivity index (χ1v) is 10.5. The summed E-state index contributed by atoms with van der Waals surface area (Å²) in [5, 5.41) is 0.